The Balaban J connectivity index is 2.80. The average Bonchev–Trinajstić information content (AvgIpc) is 2.28. The highest BCUT2D eigenvalue weighted by Gasteiger charge is 2.11. The minimum atomic E-state index is -0.554. The number of fused-ring (bicyclic) bond motifs is 1. The topological polar surface area (TPSA) is 72.6 Å². The summed E-state index contributed by atoms with van der Waals surface area (Å²) in [7, 11) is 1.45. The number of primary amides is 1. The SMILES string of the molecule is COc1cc2c(O)cccc2cc1C(N)=O. The normalized spacial score (nSPS) is 10.3. The summed E-state index contributed by atoms with van der Waals surface area (Å²) in [6.07, 6.45) is 0. The van der Waals surface area contributed by atoms with Crippen molar-refractivity contribution in [1.29, 1.82) is 0 Å². The van der Waals surface area contributed by atoms with Crippen molar-refractivity contribution in [2.75, 3.05) is 7.11 Å². The largest absolute Gasteiger partial charge is 0.507 e. The Morgan fingerprint density at radius 1 is 1.38 bits per heavy atom. The van der Waals surface area contributed by atoms with E-state index in [1.807, 2.05) is 0 Å². The van der Waals surface area contributed by atoms with Gasteiger partial charge in [0, 0.05) is 5.39 Å². The number of benzene rings is 2. The van der Waals surface area contributed by atoms with E-state index in [0.717, 1.165) is 5.39 Å². The Morgan fingerprint density at radius 2 is 2.12 bits per heavy atom. The first-order valence-electron chi connectivity index (χ1n) is 4.73. The first kappa shape index (κ1) is 10.3. The molecule has 0 fully saturated rings. The highest BCUT2D eigenvalue weighted by molar-refractivity contribution is 6.02. The second-order valence-corrected chi connectivity index (χ2v) is 3.42. The molecular formula is C12H11NO3. The summed E-state index contributed by atoms with van der Waals surface area (Å²) < 4.78 is 5.06. The predicted octanol–water partition coefficient (Wildman–Crippen LogP) is 1.65. The fourth-order valence-electron chi connectivity index (χ4n) is 1.65. The van der Waals surface area contributed by atoms with Gasteiger partial charge in [0.25, 0.3) is 5.91 Å². The van der Waals surface area contributed by atoms with Crippen molar-refractivity contribution in [1.82, 2.24) is 0 Å². The maximum atomic E-state index is 11.2. The average molecular weight is 217 g/mol. The molecule has 0 saturated carbocycles. The Labute approximate surface area is 92.3 Å². The maximum absolute atomic E-state index is 11.2. The van der Waals surface area contributed by atoms with E-state index in [0.29, 0.717) is 16.7 Å². The summed E-state index contributed by atoms with van der Waals surface area (Å²) in [5.41, 5.74) is 5.54. The van der Waals surface area contributed by atoms with E-state index in [1.165, 1.54) is 7.11 Å². The van der Waals surface area contributed by atoms with E-state index in [9.17, 15) is 9.90 Å². The molecule has 0 atom stereocenters. The van der Waals surface area contributed by atoms with Crippen LogP contribution in [0.4, 0.5) is 0 Å². The number of ether oxygens (including phenoxy) is 1. The van der Waals surface area contributed by atoms with Crippen molar-refractivity contribution in [2.45, 2.75) is 0 Å². The molecule has 0 spiro atoms. The number of amides is 1. The number of phenolic OH excluding ortho intramolecular Hbond substituents is 1. The van der Waals surface area contributed by atoms with Gasteiger partial charge in [0.15, 0.2) is 0 Å². The number of phenols is 1. The third-order valence-electron chi connectivity index (χ3n) is 2.44. The number of hydrogen-bond donors (Lipinski definition) is 2. The highest BCUT2D eigenvalue weighted by Crippen LogP contribution is 2.30. The van der Waals surface area contributed by atoms with E-state index < -0.39 is 5.91 Å². The second kappa shape index (κ2) is 3.73. The molecule has 0 heterocycles. The monoisotopic (exact) mass is 217 g/mol. The van der Waals surface area contributed by atoms with Crippen LogP contribution in [0.15, 0.2) is 30.3 Å². The fraction of sp³-hybridized carbons (Fsp3) is 0.0833. The molecule has 0 bridgehead atoms. The van der Waals surface area contributed by atoms with Crippen molar-refractivity contribution >= 4 is 16.7 Å². The van der Waals surface area contributed by atoms with Crippen LogP contribution in [0.5, 0.6) is 11.5 Å². The Morgan fingerprint density at radius 3 is 2.75 bits per heavy atom. The number of aromatic hydroxyl groups is 1. The minimum Gasteiger partial charge on any atom is -0.507 e. The summed E-state index contributed by atoms with van der Waals surface area (Å²) in [6, 6.07) is 8.28. The zero-order chi connectivity index (χ0) is 11.7. The van der Waals surface area contributed by atoms with Gasteiger partial charge in [-0.2, -0.15) is 0 Å². The Hall–Kier alpha value is -2.23. The van der Waals surface area contributed by atoms with Gasteiger partial charge >= 0.3 is 0 Å². The number of rotatable bonds is 2. The van der Waals surface area contributed by atoms with Gasteiger partial charge in [0.2, 0.25) is 0 Å². The number of hydrogen-bond acceptors (Lipinski definition) is 3. The summed E-state index contributed by atoms with van der Waals surface area (Å²) in [5, 5.41) is 11.0. The molecule has 0 aliphatic rings. The van der Waals surface area contributed by atoms with Gasteiger partial charge < -0.3 is 15.6 Å². The summed E-state index contributed by atoms with van der Waals surface area (Å²) in [6.45, 7) is 0. The predicted molar refractivity (Wildman–Crippen MR) is 60.7 cm³/mol. The van der Waals surface area contributed by atoms with Gasteiger partial charge in [0.05, 0.1) is 12.7 Å². The molecule has 0 unspecified atom stereocenters. The van der Waals surface area contributed by atoms with E-state index in [1.54, 1.807) is 30.3 Å². The van der Waals surface area contributed by atoms with Gasteiger partial charge in [-0.05, 0) is 23.6 Å². The minimum absolute atomic E-state index is 0.145. The zero-order valence-corrected chi connectivity index (χ0v) is 8.73. The van der Waals surface area contributed by atoms with E-state index >= 15 is 0 Å². The van der Waals surface area contributed by atoms with E-state index in [4.69, 9.17) is 10.5 Å². The molecule has 0 aromatic heterocycles. The number of nitrogens with two attached hydrogens (primary N) is 1. The molecule has 3 N–H and O–H groups in total. The third-order valence-corrected chi connectivity index (χ3v) is 2.44. The molecule has 4 heteroatoms. The smallest absolute Gasteiger partial charge is 0.252 e. The van der Waals surface area contributed by atoms with Crippen LogP contribution in [0, 0.1) is 0 Å². The third kappa shape index (κ3) is 1.54. The van der Waals surface area contributed by atoms with Crippen LogP contribution in [0.3, 0.4) is 0 Å². The molecule has 0 radical (unpaired) electrons. The summed E-state index contributed by atoms with van der Waals surface area (Å²) in [4.78, 5) is 11.2. The molecule has 16 heavy (non-hydrogen) atoms. The molecule has 2 aromatic carbocycles. The standard InChI is InChI=1S/C12H11NO3/c1-16-11-6-8-7(3-2-4-10(8)14)5-9(11)12(13)15/h2-6,14H,1H3,(H2,13,15). The van der Waals surface area contributed by atoms with Gasteiger partial charge in [-0.25, -0.2) is 0 Å². The number of methoxy groups -OCH3 is 1. The number of carbonyl (C=O) groups is 1. The summed E-state index contributed by atoms with van der Waals surface area (Å²) >= 11 is 0. The van der Waals surface area contributed by atoms with Gasteiger partial charge in [-0.15, -0.1) is 0 Å². The first-order valence-corrected chi connectivity index (χ1v) is 4.73. The van der Waals surface area contributed by atoms with Crippen molar-refractivity contribution in [3.8, 4) is 11.5 Å². The zero-order valence-electron chi connectivity index (χ0n) is 8.73. The lowest BCUT2D eigenvalue weighted by molar-refractivity contribution is 0.0997. The molecule has 0 aliphatic carbocycles. The Kier molecular flexibility index (Phi) is 2.40. The van der Waals surface area contributed by atoms with Crippen molar-refractivity contribution in [2.24, 2.45) is 5.73 Å². The lowest BCUT2D eigenvalue weighted by Crippen LogP contribution is -2.12. The van der Waals surface area contributed by atoms with Gasteiger partial charge in [0.1, 0.15) is 11.5 Å². The molecule has 2 aromatic rings. The quantitative estimate of drug-likeness (QED) is 0.803. The van der Waals surface area contributed by atoms with Crippen molar-refractivity contribution < 1.29 is 14.6 Å². The van der Waals surface area contributed by atoms with Gasteiger partial charge in [-0.1, -0.05) is 12.1 Å². The molecule has 82 valence electrons. The fourth-order valence-corrected chi connectivity index (χ4v) is 1.65. The lowest BCUT2D eigenvalue weighted by Gasteiger charge is -2.08. The maximum Gasteiger partial charge on any atom is 0.252 e. The first-order chi connectivity index (χ1) is 7.63. The Bertz CT molecular complexity index is 563. The number of carbonyl (C=O) groups excluding carboxylic acids is 1. The van der Waals surface area contributed by atoms with Crippen LogP contribution in [0.1, 0.15) is 10.4 Å². The molecule has 4 nitrogen and oxygen atoms in total. The van der Waals surface area contributed by atoms with Gasteiger partial charge in [-0.3, -0.25) is 4.79 Å². The van der Waals surface area contributed by atoms with Crippen LogP contribution in [0.2, 0.25) is 0 Å². The molecule has 1 amide bonds. The summed E-state index contributed by atoms with van der Waals surface area (Å²) in [5.74, 6) is -0.0459. The molecular weight excluding hydrogens is 206 g/mol. The van der Waals surface area contributed by atoms with Crippen LogP contribution < -0.4 is 10.5 Å². The molecule has 2 rings (SSSR count). The van der Waals surface area contributed by atoms with E-state index in [2.05, 4.69) is 0 Å². The molecule has 0 saturated heterocycles. The van der Waals surface area contributed by atoms with Crippen LogP contribution >= 0.6 is 0 Å². The van der Waals surface area contributed by atoms with Crippen LogP contribution in [-0.4, -0.2) is 18.1 Å². The highest BCUT2D eigenvalue weighted by atomic mass is 16.5. The van der Waals surface area contributed by atoms with Crippen LogP contribution in [0.25, 0.3) is 10.8 Å². The van der Waals surface area contributed by atoms with E-state index in [-0.39, 0.29) is 5.75 Å². The van der Waals surface area contributed by atoms with Crippen molar-refractivity contribution in [3.63, 3.8) is 0 Å². The molecule has 0 aliphatic heterocycles. The lowest BCUT2D eigenvalue weighted by atomic mass is 10.0. The van der Waals surface area contributed by atoms with Crippen molar-refractivity contribution in [3.05, 3.63) is 35.9 Å². The van der Waals surface area contributed by atoms with Crippen LogP contribution in [-0.2, 0) is 0 Å². The second-order valence-electron chi connectivity index (χ2n) is 3.42.